The highest BCUT2D eigenvalue weighted by Gasteiger charge is 2.34. The minimum atomic E-state index is 0.594. The maximum absolute atomic E-state index is 3.78. The molecule has 0 amide bonds. The van der Waals surface area contributed by atoms with Gasteiger partial charge in [-0.2, -0.15) is 0 Å². The Morgan fingerprint density at radius 2 is 1.82 bits per heavy atom. The molecule has 0 aliphatic carbocycles. The number of aryl methyl sites for hydroxylation is 2. The monoisotopic (exact) mass is 292 g/mol. The smallest absolute Gasteiger partial charge is 0.0384 e. The van der Waals surface area contributed by atoms with Gasteiger partial charge in [0, 0.05) is 17.6 Å². The van der Waals surface area contributed by atoms with Gasteiger partial charge in [0.05, 0.1) is 0 Å². The van der Waals surface area contributed by atoms with Gasteiger partial charge in [0.1, 0.15) is 0 Å². The third kappa shape index (κ3) is 2.22. The summed E-state index contributed by atoms with van der Waals surface area (Å²) in [5.74, 6) is 0.640. The minimum absolute atomic E-state index is 0.594. The minimum Gasteiger partial charge on any atom is -0.381 e. The van der Waals surface area contributed by atoms with Crippen LogP contribution in [0.3, 0.4) is 0 Å². The second-order valence-corrected chi connectivity index (χ2v) is 6.77. The Balaban J connectivity index is 1.86. The van der Waals surface area contributed by atoms with Crippen molar-refractivity contribution in [3.05, 3.63) is 53.1 Å². The molecule has 0 aromatic heterocycles. The number of fused-ring (bicyclic) bond motifs is 3. The highest BCUT2D eigenvalue weighted by molar-refractivity contribution is 5.79. The Hall–Kier alpha value is -1.80. The Morgan fingerprint density at radius 1 is 0.955 bits per heavy atom. The molecule has 2 aromatic rings. The van der Waals surface area contributed by atoms with Crippen LogP contribution in [0.2, 0.25) is 0 Å². The quantitative estimate of drug-likeness (QED) is 0.822. The molecule has 1 fully saturated rings. The van der Waals surface area contributed by atoms with Crippen LogP contribution >= 0.6 is 0 Å². The molecule has 0 radical (unpaired) electrons. The number of anilines is 1. The van der Waals surface area contributed by atoms with Crippen LogP contribution < -0.4 is 10.6 Å². The molecule has 0 unspecified atom stereocenters. The van der Waals surface area contributed by atoms with E-state index >= 15 is 0 Å². The summed E-state index contributed by atoms with van der Waals surface area (Å²) >= 11 is 0. The van der Waals surface area contributed by atoms with Crippen molar-refractivity contribution in [1.29, 1.82) is 0 Å². The lowest BCUT2D eigenvalue weighted by atomic mass is 9.84. The molecule has 0 saturated carbocycles. The average Bonchev–Trinajstić information content (AvgIpc) is 2.72. The zero-order valence-corrected chi connectivity index (χ0v) is 13.4. The second-order valence-electron chi connectivity index (χ2n) is 6.77. The van der Waals surface area contributed by atoms with Crippen LogP contribution in [0, 0.1) is 13.8 Å². The molecule has 22 heavy (non-hydrogen) atoms. The van der Waals surface area contributed by atoms with Crippen LogP contribution in [0.25, 0.3) is 11.1 Å². The molecule has 2 heteroatoms. The van der Waals surface area contributed by atoms with Gasteiger partial charge < -0.3 is 10.6 Å². The molecule has 2 aromatic carbocycles. The normalized spacial score (nSPS) is 23.4. The number of hydrogen-bond donors (Lipinski definition) is 2. The molecule has 4 rings (SSSR count). The van der Waals surface area contributed by atoms with E-state index in [4.69, 9.17) is 0 Å². The highest BCUT2D eigenvalue weighted by Crippen LogP contribution is 2.45. The van der Waals surface area contributed by atoms with Gasteiger partial charge in [-0.25, -0.2) is 0 Å². The van der Waals surface area contributed by atoms with E-state index in [0.717, 1.165) is 13.1 Å². The van der Waals surface area contributed by atoms with Gasteiger partial charge in [-0.15, -0.1) is 0 Å². The number of benzene rings is 2. The lowest BCUT2D eigenvalue weighted by Crippen LogP contribution is -2.21. The third-order valence-electron chi connectivity index (χ3n) is 5.25. The Labute approximate surface area is 132 Å². The average molecular weight is 292 g/mol. The first-order chi connectivity index (χ1) is 10.7. The first-order valence-electron chi connectivity index (χ1n) is 8.42. The lowest BCUT2D eigenvalue weighted by Gasteiger charge is -2.19. The van der Waals surface area contributed by atoms with Gasteiger partial charge >= 0.3 is 0 Å². The van der Waals surface area contributed by atoms with E-state index < -0.39 is 0 Å². The Bertz CT molecular complexity index is 705. The number of nitrogens with one attached hydrogen (secondary N) is 2. The maximum Gasteiger partial charge on any atom is 0.0384 e. The summed E-state index contributed by atoms with van der Waals surface area (Å²) in [6, 6.07) is 14.2. The molecular weight excluding hydrogens is 268 g/mol. The first-order valence-corrected chi connectivity index (χ1v) is 8.42. The van der Waals surface area contributed by atoms with Crippen molar-refractivity contribution in [2.75, 3.05) is 18.4 Å². The highest BCUT2D eigenvalue weighted by atomic mass is 15.0. The van der Waals surface area contributed by atoms with Gasteiger partial charge in [0.25, 0.3) is 0 Å². The molecule has 2 heterocycles. The number of rotatable bonds is 1. The SMILES string of the molecule is Cc1ccc(C)c(-c2cccc3c2[C@H]2CCNCC[C@@H]2N3)c1. The fourth-order valence-electron chi connectivity index (χ4n) is 4.11. The fraction of sp³-hybridized carbons (Fsp3) is 0.400. The molecule has 0 bridgehead atoms. The molecule has 2 N–H and O–H groups in total. The van der Waals surface area contributed by atoms with E-state index in [2.05, 4.69) is 60.9 Å². The van der Waals surface area contributed by atoms with Crippen molar-refractivity contribution in [2.45, 2.75) is 38.6 Å². The van der Waals surface area contributed by atoms with Crippen molar-refractivity contribution >= 4 is 5.69 Å². The maximum atomic E-state index is 3.78. The molecule has 1 saturated heterocycles. The number of hydrogen-bond acceptors (Lipinski definition) is 2. The van der Waals surface area contributed by atoms with Crippen molar-refractivity contribution in [3.8, 4) is 11.1 Å². The van der Waals surface area contributed by atoms with Gasteiger partial charge in [-0.1, -0.05) is 35.9 Å². The molecule has 2 atom stereocenters. The van der Waals surface area contributed by atoms with E-state index in [-0.39, 0.29) is 0 Å². The van der Waals surface area contributed by atoms with Crippen LogP contribution in [0.15, 0.2) is 36.4 Å². The molecular formula is C20H24N2. The van der Waals surface area contributed by atoms with Crippen molar-refractivity contribution in [3.63, 3.8) is 0 Å². The first kappa shape index (κ1) is 13.8. The second kappa shape index (κ2) is 5.44. The van der Waals surface area contributed by atoms with Gasteiger partial charge in [0.2, 0.25) is 0 Å². The molecule has 114 valence electrons. The van der Waals surface area contributed by atoms with Gasteiger partial charge in [0.15, 0.2) is 0 Å². The van der Waals surface area contributed by atoms with Gasteiger partial charge in [-0.3, -0.25) is 0 Å². The standard InChI is InChI=1S/C20H24N2/c1-13-6-7-14(2)17(12-13)15-4-3-5-19-20(15)16-8-10-21-11-9-18(16)22-19/h3-7,12,16,18,21-22H,8-11H2,1-2H3/t16-,18-/m0/s1. The third-order valence-corrected chi connectivity index (χ3v) is 5.25. The molecule has 2 nitrogen and oxygen atoms in total. The molecule has 0 spiro atoms. The topological polar surface area (TPSA) is 24.1 Å². The zero-order valence-electron chi connectivity index (χ0n) is 13.4. The zero-order chi connectivity index (χ0) is 15.1. The van der Waals surface area contributed by atoms with E-state index in [1.165, 1.54) is 40.8 Å². The summed E-state index contributed by atoms with van der Waals surface area (Å²) in [7, 11) is 0. The molecule has 2 aliphatic heterocycles. The van der Waals surface area contributed by atoms with Gasteiger partial charge in [-0.05, 0) is 68.1 Å². The summed E-state index contributed by atoms with van der Waals surface area (Å²) in [4.78, 5) is 0. The van der Waals surface area contributed by atoms with Crippen LogP contribution in [-0.2, 0) is 0 Å². The fourth-order valence-corrected chi connectivity index (χ4v) is 4.11. The largest absolute Gasteiger partial charge is 0.381 e. The van der Waals surface area contributed by atoms with Crippen molar-refractivity contribution in [1.82, 2.24) is 5.32 Å². The summed E-state index contributed by atoms with van der Waals surface area (Å²) in [6.07, 6.45) is 2.44. The van der Waals surface area contributed by atoms with Crippen LogP contribution in [-0.4, -0.2) is 19.1 Å². The summed E-state index contributed by atoms with van der Waals surface area (Å²) in [5, 5.41) is 7.33. The summed E-state index contributed by atoms with van der Waals surface area (Å²) in [6.45, 7) is 6.66. The van der Waals surface area contributed by atoms with Crippen LogP contribution in [0.4, 0.5) is 5.69 Å². The lowest BCUT2D eigenvalue weighted by molar-refractivity contribution is 0.579. The van der Waals surface area contributed by atoms with E-state index in [1.54, 1.807) is 5.56 Å². The Kier molecular flexibility index (Phi) is 3.42. The predicted molar refractivity (Wildman–Crippen MR) is 93.6 cm³/mol. The molecule has 2 aliphatic rings. The van der Waals surface area contributed by atoms with E-state index in [1.807, 2.05) is 0 Å². The Morgan fingerprint density at radius 3 is 2.73 bits per heavy atom. The summed E-state index contributed by atoms with van der Waals surface area (Å²) in [5.41, 5.74) is 8.44. The van der Waals surface area contributed by atoms with Crippen molar-refractivity contribution in [2.24, 2.45) is 0 Å². The van der Waals surface area contributed by atoms with Crippen LogP contribution in [0.5, 0.6) is 0 Å². The predicted octanol–water partition coefficient (Wildman–Crippen LogP) is 4.23. The summed E-state index contributed by atoms with van der Waals surface area (Å²) < 4.78 is 0. The van der Waals surface area contributed by atoms with Crippen LogP contribution in [0.1, 0.15) is 35.4 Å². The van der Waals surface area contributed by atoms with E-state index in [9.17, 15) is 0 Å². The van der Waals surface area contributed by atoms with E-state index in [0.29, 0.717) is 12.0 Å². The van der Waals surface area contributed by atoms with Crippen molar-refractivity contribution < 1.29 is 0 Å².